The lowest BCUT2D eigenvalue weighted by atomic mass is 10.1. The summed E-state index contributed by atoms with van der Waals surface area (Å²) in [5.41, 5.74) is 0. The zero-order chi connectivity index (χ0) is 29.9. The zero-order valence-electron chi connectivity index (χ0n) is 27.1. The van der Waals surface area contributed by atoms with Crippen LogP contribution in [0.3, 0.4) is 0 Å². The number of likely N-dealkylation sites (N-methyl/N-ethyl adjacent to an activating group) is 1. The van der Waals surface area contributed by atoms with Gasteiger partial charge in [-0.1, -0.05) is 117 Å². The predicted molar refractivity (Wildman–Crippen MR) is 165 cm³/mol. The summed E-state index contributed by atoms with van der Waals surface area (Å²) in [6, 6.07) is 0. The number of nitrogens with zero attached hydrogens (tertiary/aromatic N) is 2. The second kappa shape index (κ2) is 26.3. The fourth-order valence-electron chi connectivity index (χ4n) is 4.71. The van der Waals surface area contributed by atoms with Crippen LogP contribution in [0, 0.1) is 0 Å². The van der Waals surface area contributed by atoms with Gasteiger partial charge in [-0.3, -0.25) is 14.4 Å². The van der Waals surface area contributed by atoms with E-state index in [1.165, 1.54) is 89.9 Å². The number of hydrogen-bond donors (Lipinski definition) is 0. The average molecular weight is 570 g/mol. The zero-order valence-corrected chi connectivity index (χ0v) is 27.1. The number of carbonyl (C=O) groups is 3. The van der Waals surface area contributed by atoms with Crippen LogP contribution in [0.15, 0.2) is 0 Å². The van der Waals surface area contributed by atoms with Gasteiger partial charge in [0.1, 0.15) is 13.2 Å². The number of quaternary nitrogens is 1. The number of esters is 2. The van der Waals surface area contributed by atoms with Crippen molar-refractivity contribution in [3.63, 3.8) is 0 Å². The molecule has 40 heavy (non-hydrogen) atoms. The van der Waals surface area contributed by atoms with E-state index in [0.717, 1.165) is 25.7 Å². The maximum absolute atomic E-state index is 12.9. The summed E-state index contributed by atoms with van der Waals surface area (Å²) < 4.78 is 11.3. The van der Waals surface area contributed by atoms with E-state index in [9.17, 15) is 14.4 Å². The topological polar surface area (TPSA) is 72.9 Å². The highest BCUT2D eigenvalue weighted by molar-refractivity contribution is 5.77. The van der Waals surface area contributed by atoms with Crippen LogP contribution in [-0.2, 0) is 23.9 Å². The third-order valence-corrected chi connectivity index (χ3v) is 7.18. The summed E-state index contributed by atoms with van der Waals surface area (Å²) in [6.45, 7) is 5.78. The van der Waals surface area contributed by atoms with Crippen LogP contribution in [0.2, 0.25) is 0 Å². The Balaban J connectivity index is 4.15. The number of carbonyl (C=O) groups excluding carboxylic acids is 3. The second-order valence-corrected chi connectivity index (χ2v) is 12.4. The quantitative estimate of drug-likeness (QED) is 0.0556. The van der Waals surface area contributed by atoms with Crippen molar-refractivity contribution >= 4 is 17.8 Å². The van der Waals surface area contributed by atoms with Crippen LogP contribution in [0.5, 0.6) is 0 Å². The second-order valence-electron chi connectivity index (χ2n) is 12.4. The lowest BCUT2D eigenvalue weighted by molar-refractivity contribution is -0.862. The molecule has 0 saturated heterocycles. The minimum absolute atomic E-state index is 0.0301. The van der Waals surface area contributed by atoms with Gasteiger partial charge >= 0.3 is 11.9 Å². The summed E-state index contributed by atoms with van der Waals surface area (Å²) in [7, 11) is 5.89. The molecule has 0 aromatic rings. The van der Waals surface area contributed by atoms with Crippen LogP contribution in [-0.4, -0.2) is 81.2 Å². The Morgan fingerprint density at radius 3 is 1.18 bits per heavy atom. The Bertz CT molecular complexity index is 593. The molecule has 0 aromatic carbocycles. The fourth-order valence-corrected chi connectivity index (χ4v) is 4.71. The number of unbranched alkanes of at least 4 members (excludes halogenated alkanes) is 16. The third-order valence-electron chi connectivity index (χ3n) is 7.18. The van der Waals surface area contributed by atoms with E-state index < -0.39 is 0 Å². The van der Waals surface area contributed by atoms with E-state index in [1.807, 2.05) is 21.1 Å². The molecule has 236 valence electrons. The lowest BCUT2D eigenvalue weighted by Gasteiger charge is -2.28. The van der Waals surface area contributed by atoms with E-state index >= 15 is 0 Å². The van der Waals surface area contributed by atoms with Gasteiger partial charge in [-0.05, 0) is 12.8 Å². The summed E-state index contributed by atoms with van der Waals surface area (Å²) in [5.74, 6) is -0.429. The monoisotopic (exact) mass is 569 g/mol. The van der Waals surface area contributed by atoms with Gasteiger partial charge in [0.25, 0.3) is 5.91 Å². The molecular formula is C33H65N2O5+. The van der Waals surface area contributed by atoms with Crippen molar-refractivity contribution in [2.75, 3.05) is 54.0 Å². The SMILES string of the molecule is CCCCCCCCCCCC(=O)OCCN(CCOC(=O)CCCCCCCCCCC)C(=O)C[N+](C)(C)C. The van der Waals surface area contributed by atoms with Gasteiger partial charge in [0.15, 0.2) is 6.54 Å². The first-order valence-electron chi connectivity index (χ1n) is 16.6. The third kappa shape index (κ3) is 26.6. The van der Waals surface area contributed by atoms with E-state index in [4.69, 9.17) is 9.47 Å². The summed E-state index contributed by atoms with van der Waals surface area (Å²) >= 11 is 0. The van der Waals surface area contributed by atoms with Crippen molar-refractivity contribution in [3.05, 3.63) is 0 Å². The van der Waals surface area contributed by atoms with Crippen LogP contribution < -0.4 is 0 Å². The summed E-state index contributed by atoms with van der Waals surface area (Å²) in [6.07, 6.45) is 22.6. The number of amides is 1. The van der Waals surface area contributed by atoms with Crippen molar-refractivity contribution in [2.45, 2.75) is 142 Å². The highest BCUT2D eigenvalue weighted by Gasteiger charge is 2.21. The Labute approximate surface area is 247 Å². The molecule has 0 aliphatic carbocycles. The standard InChI is InChI=1S/C33H65N2O5/c1-6-8-10-12-14-16-18-20-22-24-32(37)39-28-26-34(31(36)30-35(3,4)5)27-29-40-33(38)25-23-21-19-17-15-13-11-9-7-2/h6-30H2,1-5H3/q+1. The van der Waals surface area contributed by atoms with E-state index in [1.54, 1.807) is 4.90 Å². The molecular weight excluding hydrogens is 504 g/mol. The van der Waals surface area contributed by atoms with Crippen molar-refractivity contribution in [1.29, 1.82) is 0 Å². The van der Waals surface area contributed by atoms with Crippen LogP contribution in [0.1, 0.15) is 142 Å². The van der Waals surface area contributed by atoms with Crippen LogP contribution in [0.4, 0.5) is 0 Å². The molecule has 7 heteroatoms. The Kier molecular flexibility index (Phi) is 25.2. The maximum atomic E-state index is 12.9. The number of ether oxygens (including phenoxy) is 2. The molecule has 0 atom stereocenters. The van der Waals surface area contributed by atoms with Gasteiger partial charge in [0.05, 0.1) is 34.2 Å². The molecule has 0 saturated carbocycles. The van der Waals surface area contributed by atoms with E-state index in [-0.39, 0.29) is 31.1 Å². The lowest BCUT2D eigenvalue weighted by Crippen LogP contribution is -2.48. The molecule has 0 spiro atoms. The summed E-state index contributed by atoms with van der Waals surface area (Å²) in [4.78, 5) is 38.8. The molecule has 0 aliphatic rings. The average Bonchev–Trinajstić information content (AvgIpc) is 2.89. The maximum Gasteiger partial charge on any atom is 0.305 e. The number of hydrogen-bond acceptors (Lipinski definition) is 5. The van der Waals surface area contributed by atoms with Gasteiger partial charge in [0, 0.05) is 12.8 Å². The normalized spacial score (nSPS) is 11.4. The molecule has 0 aromatic heterocycles. The smallest absolute Gasteiger partial charge is 0.305 e. The highest BCUT2D eigenvalue weighted by Crippen LogP contribution is 2.12. The molecule has 0 N–H and O–H groups in total. The molecule has 1 amide bonds. The van der Waals surface area contributed by atoms with Crippen molar-refractivity contribution in [2.24, 2.45) is 0 Å². The molecule has 0 bridgehead atoms. The van der Waals surface area contributed by atoms with Crippen molar-refractivity contribution in [1.82, 2.24) is 4.90 Å². The number of rotatable bonds is 28. The van der Waals surface area contributed by atoms with E-state index in [0.29, 0.717) is 37.0 Å². The van der Waals surface area contributed by atoms with Crippen molar-refractivity contribution < 1.29 is 28.3 Å². The fraction of sp³-hybridized carbons (Fsp3) is 0.909. The summed E-state index contributed by atoms with van der Waals surface area (Å²) in [5, 5.41) is 0. The Morgan fingerprint density at radius 1 is 0.525 bits per heavy atom. The molecule has 0 heterocycles. The minimum atomic E-state index is -0.200. The van der Waals surface area contributed by atoms with Gasteiger partial charge < -0.3 is 18.9 Å². The highest BCUT2D eigenvalue weighted by atomic mass is 16.5. The molecule has 0 radical (unpaired) electrons. The van der Waals surface area contributed by atoms with Crippen molar-refractivity contribution in [3.8, 4) is 0 Å². The molecule has 0 fully saturated rings. The van der Waals surface area contributed by atoms with Gasteiger partial charge in [-0.25, -0.2) is 0 Å². The molecule has 7 nitrogen and oxygen atoms in total. The molecule has 0 rings (SSSR count). The Morgan fingerprint density at radius 2 is 0.850 bits per heavy atom. The van der Waals surface area contributed by atoms with Crippen LogP contribution >= 0.6 is 0 Å². The van der Waals surface area contributed by atoms with Crippen LogP contribution in [0.25, 0.3) is 0 Å². The Hall–Kier alpha value is -1.63. The van der Waals surface area contributed by atoms with Gasteiger partial charge in [0.2, 0.25) is 0 Å². The predicted octanol–water partition coefficient (Wildman–Crippen LogP) is 7.45. The van der Waals surface area contributed by atoms with Gasteiger partial charge in [-0.15, -0.1) is 0 Å². The first kappa shape index (κ1) is 38.4. The first-order chi connectivity index (χ1) is 19.2. The first-order valence-corrected chi connectivity index (χ1v) is 16.6. The molecule has 0 unspecified atom stereocenters. The minimum Gasteiger partial charge on any atom is -0.464 e. The van der Waals surface area contributed by atoms with Gasteiger partial charge in [-0.2, -0.15) is 0 Å². The van der Waals surface area contributed by atoms with E-state index in [2.05, 4.69) is 13.8 Å². The molecule has 0 aliphatic heterocycles. The largest absolute Gasteiger partial charge is 0.464 e.